The zero-order valence-corrected chi connectivity index (χ0v) is 23.2. The summed E-state index contributed by atoms with van der Waals surface area (Å²) < 4.78 is 0. The Balaban J connectivity index is 1.48. The number of H-pyrrole nitrogens is 1. The van der Waals surface area contributed by atoms with Gasteiger partial charge in [0.2, 0.25) is 17.7 Å². The third kappa shape index (κ3) is 4.59. The summed E-state index contributed by atoms with van der Waals surface area (Å²) in [4.78, 5) is 39.2. The standard InChI is InChI=1S/C30H33N9O3/c31-15-22-3-1-12-39(22)25(40)16-34-29(10-2-11-29)17-30(28-35-37-38-36-28)23-8-6-20(26(32)41)13-18(23)4-5-19-14-21(27(33)42)7-9-24(19)30/h6-9,13-14,22,34H,1-5,10-12,16-17H2,(H2,32,41)(H2,33,42)(H,35,36,37,38)/t22-/m0/s1. The van der Waals surface area contributed by atoms with Gasteiger partial charge in [-0.2, -0.15) is 5.26 Å². The Kier molecular flexibility index (Phi) is 6.98. The van der Waals surface area contributed by atoms with Crippen LogP contribution in [0.25, 0.3) is 0 Å². The van der Waals surface area contributed by atoms with E-state index in [-0.39, 0.29) is 18.5 Å². The Morgan fingerprint density at radius 1 is 1.02 bits per heavy atom. The van der Waals surface area contributed by atoms with Gasteiger partial charge in [-0.1, -0.05) is 12.1 Å². The number of nitrogens with zero attached hydrogens (tertiary/aromatic N) is 5. The molecule has 2 aliphatic carbocycles. The van der Waals surface area contributed by atoms with Gasteiger partial charge >= 0.3 is 0 Å². The van der Waals surface area contributed by atoms with Crippen LogP contribution in [0.4, 0.5) is 0 Å². The number of likely N-dealkylation sites (tertiary alicyclic amines) is 1. The molecular formula is C30H33N9O3. The number of benzene rings is 2. The van der Waals surface area contributed by atoms with Gasteiger partial charge in [0, 0.05) is 23.2 Å². The molecule has 1 aromatic heterocycles. The molecule has 0 bridgehead atoms. The molecule has 1 saturated heterocycles. The van der Waals surface area contributed by atoms with Gasteiger partial charge in [-0.3, -0.25) is 14.4 Å². The maximum absolute atomic E-state index is 13.2. The number of amides is 3. The largest absolute Gasteiger partial charge is 0.366 e. The molecule has 2 heterocycles. The van der Waals surface area contributed by atoms with E-state index in [9.17, 15) is 19.6 Å². The summed E-state index contributed by atoms with van der Waals surface area (Å²) in [5, 5.41) is 28.5. The third-order valence-electron chi connectivity index (χ3n) is 9.36. The highest BCUT2D eigenvalue weighted by molar-refractivity contribution is 5.94. The highest BCUT2D eigenvalue weighted by Gasteiger charge is 2.52. The molecule has 0 unspecified atom stereocenters. The zero-order chi connectivity index (χ0) is 29.5. The fraction of sp³-hybridized carbons (Fsp3) is 0.433. The SMILES string of the molecule is N#C[C@@H]1CCCN1C(=O)CNC1(CC2(c3nnn[nH]3)c3ccc(C(N)=O)cc3CCc3cc(C(N)=O)ccc32)CCC1. The van der Waals surface area contributed by atoms with Crippen LogP contribution >= 0.6 is 0 Å². The quantitative estimate of drug-likeness (QED) is 0.312. The minimum atomic E-state index is -0.906. The number of fused-ring (bicyclic) bond motifs is 2. The van der Waals surface area contributed by atoms with E-state index >= 15 is 0 Å². The lowest BCUT2D eigenvalue weighted by molar-refractivity contribution is -0.130. The number of aromatic nitrogens is 4. The Hall–Kier alpha value is -4.63. The van der Waals surface area contributed by atoms with Crippen LogP contribution in [0.2, 0.25) is 0 Å². The minimum Gasteiger partial charge on any atom is -0.366 e. The van der Waals surface area contributed by atoms with Crippen molar-refractivity contribution in [3.8, 4) is 6.07 Å². The van der Waals surface area contributed by atoms with Crippen LogP contribution in [0.15, 0.2) is 36.4 Å². The number of hydrogen-bond acceptors (Lipinski definition) is 8. The van der Waals surface area contributed by atoms with Crippen molar-refractivity contribution in [2.24, 2.45) is 11.5 Å². The van der Waals surface area contributed by atoms with Crippen LogP contribution in [0, 0.1) is 11.3 Å². The van der Waals surface area contributed by atoms with Crippen molar-refractivity contribution in [1.82, 2.24) is 30.8 Å². The van der Waals surface area contributed by atoms with Gasteiger partial charge in [-0.25, -0.2) is 5.10 Å². The summed E-state index contributed by atoms with van der Waals surface area (Å²) >= 11 is 0. The minimum absolute atomic E-state index is 0.0837. The second-order valence-electron chi connectivity index (χ2n) is 11.7. The third-order valence-corrected chi connectivity index (χ3v) is 9.36. The van der Waals surface area contributed by atoms with Crippen LogP contribution in [-0.4, -0.2) is 67.9 Å². The van der Waals surface area contributed by atoms with Gasteiger partial charge in [0.25, 0.3) is 0 Å². The van der Waals surface area contributed by atoms with E-state index in [2.05, 4.69) is 32.0 Å². The van der Waals surface area contributed by atoms with E-state index in [1.54, 1.807) is 17.0 Å². The summed E-state index contributed by atoms with van der Waals surface area (Å²) in [6.07, 6.45) is 5.86. The second kappa shape index (κ2) is 10.6. The summed E-state index contributed by atoms with van der Waals surface area (Å²) in [5.74, 6) is -0.597. The number of rotatable bonds is 8. The van der Waals surface area contributed by atoms with Gasteiger partial charge in [0.15, 0.2) is 5.82 Å². The highest BCUT2D eigenvalue weighted by Crippen LogP contribution is 2.52. The van der Waals surface area contributed by atoms with E-state index in [0.717, 1.165) is 47.9 Å². The molecular weight excluding hydrogens is 534 g/mol. The number of carbonyl (C=O) groups excluding carboxylic acids is 3. The average Bonchev–Trinajstić information content (AvgIpc) is 3.66. The molecule has 0 spiro atoms. The molecule has 42 heavy (non-hydrogen) atoms. The van der Waals surface area contributed by atoms with E-state index < -0.39 is 22.8 Å². The van der Waals surface area contributed by atoms with Gasteiger partial charge in [-0.15, -0.1) is 5.10 Å². The molecule has 1 aliphatic heterocycles. The molecule has 2 aromatic carbocycles. The maximum Gasteiger partial charge on any atom is 0.248 e. The lowest BCUT2D eigenvalue weighted by atomic mass is 9.60. The zero-order valence-electron chi connectivity index (χ0n) is 23.2. The molecule has 12 heteroatoms. The summed E-state index contributed by atoms with van der Waals surface area (Å²) in [6, 6.07) is 12.8. The maximum atomic E-state index is 13.2. The average molecular weight is 568 g/mol. The lowest BCUT2D eigenvalue weighted by Crippen LogP contribution is -2.58. The van der Waals surface area contributed by atoms with Crippen molar-refractivity contribution in [3.05, 3.63) is 75.6 Å². The number of hydrogen-bond donors (Lipinski definition) is 4. The number of primary amides is 2. The molecule has 3 amide bonds. The molecule has 2 fully saturated rings. The molecule has 12 nitrogen and oxygen atoms in total. The predicted octanol–water partition coefficient (Wildman–Crippen LogP) is 1.25. The summed E-state index contributed by atoms with van der Waals surface area (Å²) in [6.45, 7) is 0.703. The fourth-order valence-corrected chi connectivity index (χ4v) is 7.12. The van der Waals surface area contributed by atoms with E-state index in [4.69, 9.17) is 11.5 Å². The number of tetrazole rings is 1. The second-order valence-corrected chi connectivity index (χ2v) is 11.7. The molecule has 1 saturated carbocycles. The monoisotopic (exact) mass is 567 g/mol. The van der Waals surface area contributed by atoms with Crippen molar-refractivity contribution in [2.45, 2.75) is 68.4 Å². The van der Waals surface area contributed by atoms with Crippen molar-refractivity contribution >= 4 is 17.7 Å². The Morgan fingerprint density at radius 3 is 2.17 bits per heavy atom. The molecule has 1 atom stereocenters. The fourth-order valence-electron chi connectivity index (χ4n) is 7.12. The first-order valence-corrected chi connectivity index (χ1v) is 14.3. The topological polar surface area (TPSA) is 197 Å². The van der Waals surface area contributed by atoms with E-state index in [1.807, 2.05) is 24.3 Å². The molecule has 6 N–H and O–H groups in total. The van der Waals surface area contributed by atoms with Gasteiger partial charge < -0.3 is 21.7 Å². The normalized spacial score (nSPS) is 20.0. The van der Waals surface area contributed by atoms with Crippen LogP contribution in [0.3, 0.4) is 0 Å². The van der Waals surface area contributed by atoms with Crippen molar-refractivity contribution in [3.63, 3.8) is 0 Å². The highest BCUT2D eigenvalue weighted by atomic mass is 16.2. The number of carbonyl (C=O) groups is 3. The number of nitrogens with one attached hydrogen (secondary N) is 2. The Morgan fingerprint density at radius 2 is 1.67 bits per heavy atom. The molecule has 3 aromatic rings. The van der Waals surface area contributed by atoms with Crippen LogP contribution in [0.1, 0.15) is 87.3 Å². The summed E-state index contributed by atoms with van der Waals surface area (Å²) in [7, 11) is 0. The van der Waals surface area contributed by atoms with E-state index in [0.29, 0.717) is 49.2 Å². The van der Waals surface area contributed by atoms with Gasteiger partial charge in [0.05, 0.1) is 18.0 Å². The van der Waals surface area contributed by atoms with Gasteiger partial charge in [-0.05, 0) is 108 Å². The predicted molar refractivity (Wildman–Crippen MR) is 151 cm³/mol. The Bertz CT molecular complexity index is 1520. The Labute approximate surface area is 242 Å². The number of aromatic amines is 1. The van der Waals surface area contributed by atoms with E-state index in [1.165, 1.54) is 0 Å². The number of nitrogens with two attached hydrogens (primary N) is 2. The van der Waals surface area contributed by atoms with Crippen LogP contribution < -0.4 is 16.8 Å². The van der Waals surface area contributed by atoms with Crippen LogP contribution in [-0.2, 0) is 23.1 Å². The van der Waals surface area contributed by atoms with Crippen LogP contribution in [0.5, 0.6) is 0 Å². The number of nitriles is 1. The molecule has 3 aliphatic rings. The first-order chi connectivity index (χ1) is 20.3. The smallest absolute Gasteiger partial charge is 0.248 e. The first-order valence-electron chi connectivity index (χ1n) is 14.3. The molecule has 6 rings (SSSR count). The molecule has 216 valence electrons. The summed E-state index contributed by atoms with van der Waals surface area (Å²) in [5.41, 5.74) is 14.5. The van der Waals surface area contributed by atoms with Gasteiger partial charge in [0.1, 0.15) is 6.04 Å². The lowest BCUT2D eigenvalue weighted by Gasteiger charge is -2.49. The van der Waals surface area contributed by atoms with Crippen molar-refractivity contribution in [2.75, 3.05) is 13.1 Å². The molecule has 0 radical (unpaired) electrons. The van der Waals surface area contributed by atoms with Crippen molar-refractivity contribution in [1.29, 1.82) is 5.26 Å². The first kappa shape index (κ1) is 27.5. The number of aryl methyl sites for hydroxylation is 2. The van der Waals surface area contributed by atoms with Crippen molar-refractivity contribution < 1.29 is 14.4 Å².